The van der Waals surface area contributed by atoms with Crippen molar-refractivity contribution in [2.75, 3.05) is 5.32 Å². The number of halogens is 2. The number of hydrogen-bond acceptors (Lipinski definition) is 1. The topological polar surface area (TPSA) is 12.0 Å². The lowest BCUT2D eigenvalue weighted by Gasteiger charge is -2.37. The summed E-state index contributed by atoms with van der Waals surface area (Å²) in [5.41, 5.74) is 3.95. The van der Waals surface area contributed by atoms with E-state index >= 15 is 0 Å². The van der Waals surface area contributed by atoms with Crippen molar-refractivity contribution in [3.8, 4) is 0 Å². The van der Waals surface area contributed by atoms with Crippen LogP contribution in [-0.2, 0) is 0 Å². The Hall–Kier alpha value is -0.800. The lowest BCUT2D eigenvalue weighted by Crippen LogP contribution is -2.34. The van der Waals surface area contributed by atoms with Crippen LogP contribution in [0.1, 0.15) is 29.9 Å². The molecule has 0 heterocycles. The molecule has 1 N–H and O–H groups in total. The van der Waals surface area contributed by atoms with Crippen LogP contribution >= 0.6 is 31.9 Å². The second kappa shape index (κ2) is 5.90. The third-order valence-corrected chi connectivity index (χ3v) is 5.12. The second-order valence-electron chi connectivity index (χ2n) is 5.55. The molecular formula is C17H17Br2N. The molecule has 0 atom stereocenters. The van der Waals surface area contributed by atoms with Crippen LogP contribution in [0.4, 0.5) is 5.69 Å². The molecule has 104 valence electrons. The number of nitrogens with one attached hydrogen (secondary N) is 1. The van der Waals surface area contributed by atoms with Gasteiger partial charge in [0.25, 0.3) is 0 Å². The van der Waals surface area contributed by atoms with Crippen molar-refractivity contribution in [1.29, 1.82) is 0 Å². The number of rotatable bonds is 3. The van der Waals surface area contributed by atoms with E-state index in [-0.39, 0.29) is 0 Å². The van der Waals surface area contributed by atoms with Gasteiger partial charge >= 0.3 is 0 Å². The molecule has 0 aromatic heterocycles. The van der Waals surface area contributed by atoms with Crippen molar-refractivity contribution >= 4 is 37.5 Å². The van der Waals surface area contributed by atoms with Crippen molar-refractivity contribution in [1.82, 2.24) is 0 Å². The SMILES string of the molecule is Cc1ccc(Br)c(NC2CC(c3cccc(Br)c3)C2)c1. The Morgan fingerprint density at radius 1 is 1.05 bits per heavy atom. The molecule has 1 saturated carbocycles. The van der Waals surface area contributed by atoms with Crippen molar-refractivity contribution in [2.24, 2.45) is 0 Å². The first-order valence-electron chi connectivity index (χ1n) is 6.90. The van der Waals surface area contributed by atoms with Crippen molar-refractivity contribution in [3.63, 3.8) is 0 Å². The second-order valence-corrected chi connectivity index (χ2v) is 7.32. The van der Waals surface area contributed by atoms with Crippen LogP contribution in [0.25, 0.3) is 0 Å². The van der Waals surface area contributed by atoms with Gasteiger partial charge in [-0.05, 0) is 77.0 Å². The summed E-state index contributed by atoms with van der Waals surface area (Å²) < 4.78 is 2.32. The molecule has 1 aliphatic rings. The highest BCUT2D eigenvalue weighted by Gasteiger charge is 2.30. The van der Waals surface area contributed by atoms with Gasteiger partial charge in [0.15, 0.2) is 0 Å². The smallest absolute Gasteiger partial charge is 0.0489 e. The summed E-state index contributed by atoms with van der Waals surface area (Å²) in [4.78, 5) is 0. The fourth-order valence-electron chi connectivity index (χ4n) is 2.74. The van der Waals surface area contributed by atoms with Gasteiger partial charge in [0.2, 0.25) is 0 Å². The third-order valence-electron chi connectivity index (χ3n) is 3.94. The normalized spacial score (nSPS) is 21.4. The fourth-order valence-corrected chi connectivity index (χ4v) is 3.52. The Morgan fingerprint density at radius 3 is 2.60 bits per heavy atom. The summed E-state index contributed by atoms with van der Waals surface area (Å²) in [7, 11) is 0. The number of aryl methyl sites for hydroxylation is 1. The Balaban J connectivity index is 1.62. The monoisotopic (exact) mass is 393 g/mol. The minimum Gasteiger partial charge on any atom is -0.381 e. The van der Waals surface area contributed by atoms with Crippen LogP contribution in [0.3, 0.4) is 0 Å². The molecule has 0 radical (unpaired) electrons. The molecule has 0 aliphatic heterocycles. The molecule has 3 heteroatoms. The minimum absolute atomic E-state index is 0.581. The van der Waals surface area contributed by atoms with Crippen molar-refractivity contribution < 1.29 is 0 Å². The Labute approximate surface area is 137 Å². The van der Waals surface area contributed by atoms with Gasteiger partial charge in [-0.15, -0.1) is 0 Å². The zero-order chi connectivity index (χ0) is 14.1. The summed E-state index contributed by atoms with van der Waals surface area (Å²) in [6.45, 7) is 2.13. The number of anilines is 1. The lowest BCUT2D eigenvalue weighted by atomic mass is 9.76. The van der Waals surface area contributed by atoms with E-state index in [2.05, 4.69) is 86.6 Å². The summed E-state index contributed by atoms with van der Waals surface area (Å²) in [5, 5.41) is 3.64. The zero-order valence-electron chi connectivity index (χ0n) is 11.4. The van der Waals surface area contributed by atoms with E-state index in [1.165, 1.54) is 34.1 Å². The molecule has 1 fully saturated rings. The summed E-state index contributed by atoms with van der Waals surface area (Å²) in [5.74, 6) is 0.689. The highest BCUT2D eigenvalue weighted by atomic mass is 79.9. The molecule has 1 nitrogen and oxygen atoms in total. The van der Waals surface area contributed by atoms with Crippen LogP contribution < -0.4 is 5.32 Å². The van der Waals surface area contributed by atoms with E-state index in [0.29, 0.717) is 12.0 Å². The van der Waals surface area contributed by atoms with E-state index in [9.17, 15) is 0 Å². The molecule has 20 heavy (non-hydrogen) atoms. The molecule has 0 unspecified atom stereocenters. The van der Waals surface area contributed by atoms with Gasteiger partial charge < -0.3 is 5.32 Å². The Kier molecular flexibility index (Phi) is 4.18. The first kappa shape index (κ1) is 14.2. The van der Waals surface area contributed by atoms with Crippen LogP contribution in [-0.4, -0.2) is 6.04 Å². The maximum atomic E-state index is 3.64. The van der Waals surface area contributed by atoms with Gasteiger partial charge in [0.05, 0.1) is 0 Å². The Bertz CT molecular complexity index is 618. The molecule has 2 aromatic rings. The highest BCUT2D eigenvalue weighted by molar-refractivity contribution is 9.10. The first-order chi connectivity index (χ1) is 9.61. The molecule has 0 spiro atoms. The highest BCUT2D eigenvalue weighted by Crippen LogP contribution is 2.40. The van der Waals surface area contributed by atoms with E-state index < -0.39 is 0 Å². The molecule has 0 amide bonds. The van der Waals surface area contributed by atoms with Gasteiger partial charge in [0, 0.05) is 20.7 Å². The predicted octanol–water partition coefficient (Wildman–Crippen LogP) is 5.88. The lowest BCUT2D eigenvalue weighted by molar-refractivity contribution is 0.374. The van der Waals surface area contributed by atoms with E-state index in [1.807, 2.05) is 0 Å². The third kappa shape index (κ3) is 3.09. The zero-order valence-corrected chi connectivity index (χ0v) is 14.5. The van der Waals surface area contributed by atoms with Crippen molar-refractivity contribution in [3.05, 3.63) is 62.5 Å². The van der Waals surface area contributed by atoms with Gasteiger partial charge in [-0.3, -0.25) is 0 Å². The molecule has 0 saturated heterocycles. The molecule has 0 bridgehead atoms. The van der Waals surface area contributed by atoms with E-state index in [1.54, 1.807) is 0 Å². The maximum Gasteiger partial charge on any atom is 0.0489 e. The molecule has 2 aromatic carbocycles. The fraction of sp³-hybridized carbons (Fsp3) is 0.294. The van der Waals surface area contributed by atoms with E-state index in [0.717, 1.165) is 4.47 Å². The summed E-state index contributed by atoms with van der Waals surface area (Å²) in [6.07, 6.45) is 2.41. The van der Waals surface area contributed by atoms with Crippen molar-refractivity contribution in [2.45, 2.75) is 31.7 Å². The van der Waals surface area contributed by atoms with Gasteiger partial charge in [-0.1, -0.05) is 34.1 Å². The average molecular weight is 395 g/mol. The van der Waals surface area contributed by atoms with Gasteiger partial charge in [0.1, 0.15) is 0 Å². The maximum absolute atomic E-state index is 3.64. The minimum atomic E-state index is 0.581. The van der Waals surface area contributed by atoms with Gasteiger partial charge in [-0.2, -0.15) is 0 Å². The standard InChI is InChI=1S/C17H17Br2N/c1-11-5-6-16(19)17(7-11)20-15-9-13(10-15)12-3-2-4-14(18)8-12/h2-8,13,15,20H,9-10H2,1H3. The Morgan fingerprint density at radius 2 is 1.85 bits per heavy atom. The summed E-state index contributed by atoms with van der Waals surface area (Å²) in [6, 6.07) is 15.7. The molecule has 1 aliphatic carbocycles. The molecular weight excluding hydrogens is 378 g/mol. The van der Waals surface area contributed by atoms with Gasteiger partial charge in [-0.25, -0.2) is 0 Å². The van der Waals surface area contributed by atoms with Crippen LogP contribution in [0.2, 0.25) is 0 Å². The number of benzene rings is 2. The van der Waals surface area contributed by atoms with Crippen LogP contribution in [0.15, 0.2) is 51.4 Å². The first-order valence-corrected chi connectivity index (χ1v) is 8.48. The summed E-state index contributed by atoms with van der Waals surface area (Å²) >= 11 is 7.16. The quantitative estimate of drug-likeness (QED) is 0.685. The average Bonchev–Trinajstić information content (AvgIpc) is 2.37. The molecule has 3 rings (SSSR count). The number of hydrogen-bond donors (Lipinski definition) is 1. The van der Waals surface area contributed by atoms with Crippen LogP contribution in [0.5, 0.6) is 0 Å². The largest absolute Gasteiger partial charge is 0.381 e. The van der Waals surface area contributed by atoms with Crippen LogP contribution in [0, 0.1) is 6.92 Å². The predicted molar refractivity (Wildman–Crippen MR) is 92.4 cm³/mol. The van der Waals surface area contributed by atoms with E-state index in [4.69, 9.17) is 0 Å².